The fourth-order valence-electron chi connectivity index (χ4n) is 2.88. The molecule has 1 atom stereocenters. The average Bonchev–Trinajstić information content (AvgIpc) is 2.55. The Bertz CT molecular complexity index is 661. The normalized spacial score (nSPS) is 17.5. The van der Waals surface area contributed by atoms with Crippen molar-refractivity contribution in [3.63, 3.8) is 0 Å². The van der Waals surface area contributed by atoms with Gasteiger partial charge < -0.3 is 14.6 Å². The van der Waals surface area contributed by atoms with Gasteiger partial charge in [-0.2, -0.15) is 8.78 Å². The van der Waals surface area contributed by atoms with Crippen LogP contribution >= 0.6 is 12.4 Å². The molecule has 1 aliphatic heterocycles. The van der Waals surface area contributed by atoms with E-state index in [-0.39, 0.29) is 42.5 Å². The number of hydrogen-bond donors (Lipinski definition) is 1. The lowest BCUT2D eigenvalue weighted by Gasteiger charge is -2.30. The van der Waals surface area contributed by atoms with Crippen molar-refractivity contribution >= 4 is 24.1 Å². The number of methoxy groups -OCH3 is 1. The summed E-state index contributed by atoms with van der Waals surface area (Å²) >= 11 is 0. The van der Waals surface area contributed by atoms with Crippen molar-refractivity contribution in [2.75, 3.05) is 20.2 Å². The lowest BCUT2D eigenvalue weighted by molar-refractivity contribution is -0.385. The van der Waals surface area contributed by atoms with Gasteiger partial charge in [0.25, 0.3) is 5.69 Å². The van der Waals surface area contributed by atoms with E-state index < -0.39 is 29.2 Å². The molecule has 0 aromatic heterocycles. The molecule has 0 saturated carbocycles. The minimum absolute atomic E-state index is 0. The van der Waals surface area contributed by atoms with Crippen molar-refractivity contribution in [2.45, 2.75) is 26.0 Å². The molecule has 1 aromatic carbocycles. The second kappa shape index (κ2) is 9.48. The van der Waals surface area contributed by atoms with E-state index in [9.17, 15) is 23.7 Å². The number of piperidine rings is 1. The molecule has 1 aliphatic rings. The fraction of sp³-hybridized carbons (Fsp3) is 0.533. The highest BCUT2D eigenvalue weighted by Crippen LogP contribution is 2.36. The first-order valence-corrected chi connectivity index (χ1v) is 7.57. The third-order valence-corrected chi connectivity index (χ3v) is 4.03. The molecule has 8 nitrogen and oxygen atoms in total. The van der Waals surface area contributed by atoms with Gasteiger partial charge in [0.15, 0.2) is 11.5 Å². The second-order valence-corrected chi connectivity index (χ2v) is 5.68. The van der Waals surface area contributed by atoms with Crippen LogP contribution in [0.2, 0.25) is 0 Å². The Kier molecular flexibility index (Phi) is 7.97. The monoisotopic (exact) mass is 396 g/mol. The lowest BCUT2D eigenvalue weighted by atomic mass is 9.97. The van der Waals surface area contributed by atoms with Crippen LogP contribution in [0.15, 0.2) is 12.1 Å². The van der Waals surface area contributed by atoms with E-state index in [0.29, 0.717) is 19.4 Å². The number of likely N-dealkylation sites (tertiary alicyclic amines) is 1. The maximum absolute atomic E-state index is 12.5. The number of carbonyl (C=O) groups is 1. The van der Waals surface area contributed by atoms with Gasteiger partial charge in [0, 0.05) is 18.7 Å². The Hall–Kier alpha value is -2.20. The molecule has 26 heavy (non-hydrogen) atoms. The zero-order valence-electron chi connectivity index (χ0n) is 13.9. The quantitative estimate of drug-likeness (QED) is 0.558. The Morgan fingerprint density at radius 2 is 2.15 bits per heavy atom. The molecule has 0 bridgehead atoms. The average molecular weight is 397 g/mol. The van der Waals surface area contributed by atoms with Crippen LogP contribution in [0.4, 0.5) is 14.5 Å². The van der Waals surface area contributed by atoms with Crippen molar-refractivity contribution in [3.05, 3.63) is 27.8 Å². The molecule has 1 unspecified atom stereocenters. The predicted octanol–water partition coefficient (Wildman–Crippen LogP) is 2.92. The number of nitro groups is 1. The molecule has 0 radical (unpaired) electrons. The van der Waals surface area contributed by atoms with Crippen LogP contribution in [-0.4, -0.2) is 47.7 Å². The summed E-state index contributed by atoms with van der Waals surface area (Å²) in [6.45, 7) is -2.16. The number of nitrogens with zero attached hydrogens (tertiary/aromatic N) is 2. The maximum atomic E-state index is 12.5. The summed E-state index contributed by atoms with van der Waals surface area (Å²) in [6, 6.07) is 2.18. The van der Waals surface area contributed by atoms with E-state index in [1.54, 1.807) is 4.90 Å². The fourth-order valence-corrected chi connectivity index (χ4v) is 2.88. The highest BCUT2D eigenvalue weighted by Gasteiger charge is 2.28. The molecule has 0 aliphatic carbocycles. The van der Waals surface area contributed by atoms with E-state index in [2.05, 4.69) is 4.74 Å². The van der Waals surface area contributed by atoms with Crippen LogP contribution in [0.3, 0.4) is 0 Å². The third-order valence-electron chi connectivity index (χ3n) is 4.03. The summed E-state index contributed by atoms with van der Waals surface area (Å²) < 4.78 is 34.1. The number of carboxylic acids is 1. The van der Waals surface area contributed by atoms with E-state index in [1.165, 1.54) is 13.2 Å². The number of carboxylic acid groups (broad SMARTS) is 1. The van der Waals surface area contributed by atoms with E-state index in [1.807, 2.05) is 0 Å². The van der Waals surface area contributed by atoms with Crippen LogP contribution in [0.25, 0.3) is 0 Å². The minimum Gasteiger partial charge on any atom is -0.493 e. The number of rotatable bonds is 7. The summed E-state index contributed by atoms with van der Waals surface area (Å²) in [5.74, 6) is -1.91. The molecule has 1 saturated heterocycles. The molecule has 2 rings (SSSR count). The van der Waals surface area contributed by atoms with Gasteiger partial charge in [-0.1, -0.05) is 0 Å². The van der Waals surface area contributed by atoms with Crippen molar-refractivity contribution in [1.82, 2.24) is 4.90 Å². The van der Waals surface area contributed by atoms with E-state index in [0.717, 1.165) is 6.07 Å². The number of halogens is 3. The molecule has 0 spiro atoms. The first kappa shape index (κ1) is 21.8. The summed E-state index contributed by atoms with van der Waals surface area (Å²) in [4.78, 5) is 23.5. The van der Waals surface area contributed by atoms with Gasteiger partial charge in [-0.05, 0) is 25.5 Å². The Labute approximate surface area is 154 Å². The highest BCUT2D eigenvalue weighted by molar-refractivity contribution is 5.85. The second-order valence-electron chi connectivity index (χ2n) is 5.68. The van der Waals surface area contributed by atoms with Gasteiger partial charge in [0.1, 0.15) is 0 Å². The van der Waals surface area contributed by atoms with Crippen molar-refractivity contribution in [3.8, 4) is 11.5 Å². The van der Waals surface area contributed by atoms with Crippen molar-refractivity contribution in [2.24, 2.45) is 5.92 Å². The lowest BCUT2D eigenvalue weighted by Crippen LogP contribution is -2.38. The number of ether oxygens (including phenoxy) is 2. The summed E-state index contributed by atoms with van der Waals surface area (Å²) in [5, 5.41) is 20.4. The number of hydrogen-bond acceptors (Lipinski definition) is 6. The Balaban J connectivity index is 0.00000338. The number of nitro benzene ring substituents is 1. The topological polar surface area (TPSA) is 102 Å². The number of alkyl halides is 2. The first-order chi connectivity index (χ1) is 11.8. The minimum atomic E-state index is -3.14. The highest BCUT2D eigenvalue weighted by atomic mass is 35.5. The number of aliphatic carboxylic acids is 1. The van der Waals surface area contributed by atoms with Crippen molar-refractivity contribution < 1.29 is 33.1 Å². The van der Waals surface area contributed by atoms with Crippen LogP contribution in [0.1, 0.15) is 18.4 Å². The van der Waals surface area contributed by atoms with Crippen LogP contribution in [-0.2, 0) is 11.3 Å². The summed E-state index contributed by atoms with van der Waals surface area (Å²) in [6.07, 6.45) is 1.22. The number of benzene rings is 1. The summed E-state index contributed by atoms with van der Waals surface area (Å²) in [5.41, 5.74) is -0.136. The largest absolute Gasteiger partial charge is 0.493 e. The zero-order chi connectivity index (χ0) is 18.6. The first-order valence-electron chi connectivity index (χ1n) is 7.57. The third kappa shape index (κ3) is 5.40. The van der Waals surface area contributed by atoms with Gasteiger partial charge in [-0.25, -0.2) is 0 Å². The van der Waals surface area contributed by atoms with Gasteiger partial charge in [-0.3, -0.25) is 19.8 Å². The molecular weight excluding hydrogens is 378 g/mol. The van der Waals surface area contributed by atoms with Gasteiger partial charge >= 0.3 is 12.6 Å². The molecule has 1 fully saturated rings. The molecule has 1 aromatic rings. The van der Waals surface area contributed by atoms with Crippen LogP contribution in [0, 0.1) is 16.0 Å². The van der Waals surface area contributed by atoms with E-state index >= 15 is 0 Å². The van der Waals surface area contributed by atoms with Crippen LogP contribution in [0.5, 0.6) is 11.5 Å². The van der Waals surface area contributed by atoms with Crippen LogP contribution < -0.4 is 9.47 Å². The SMILES string of the molecule is COc1cc(CN2CCCC(C(=O)O)C2)c([N+](=O)[O-])cc1OC(F)F.Cl. The molecule has 146 valence electrons. The Morgan fingerprint density at radius 1 is 1.46 bits per heavy atom. The van der Waals surface area contributed by atoms with E-state index in [4.69, 9.17) is 9.84 Å². The van der Waals surface area contributed by atoms with Crippen molar-refractivity contribution in [1.29, 1.82) is 0 Å². The molecule has 1 N–H and O–H groups in total. The smallest absolute Gasteiger partial charge is 0.387 e. The molecule has 0 amide bonds. The molecule has 11 heteroatoms. The Morgan fingerprint density at radius 3 is 2.69 bits per heavy atom. The van der Waals surface area contributed by atoms with Gasteiger partial charge in [0.2, 0.25) is 0 Å². The molecular formula is C15H19ClF2N2O6. The standard InChI is InChI=1S/C15H18F2N2O6.ClH/c1-24-12-5-10(8-18-4-2-3-9(7-18)14(20)21)11(19(22)23)6-13(12)25-15(16)17;/h5-6,9,15H,2-4,7-8H2,1H3,(H,20,21);1H. The molecule has 1 heterocycles. The predicted molar refractivity (Wildman–Crippen MR) is 89.2 cm³/mol. The van der Waals surface area contributed by atoms with Gasteiger partial charge in [-0.15, -0.1) is 12.4 Å². The maximum Gasteiger partial charge on any atom is 0.387 e. The zero-order valence-corrected chi connectivity index (χ0v) is 14.7. The van der Waals surface area contributed by atoms with Gasteiger partial charge in [0.05, 0.1) is 24.0 Å². The summed E-state index contributed by atoms with van der Waals surface area (Å²) in [7, 11) is 1.24.